The van der Waals surface area contributed by atoms with E-state index in [4.69, 9.17) is 16.7 Å². The summed E-state index contributed by atoms with van der Waals surface area (Å²) >= 11 is 6.12. The normalized spacial score (nSPS) is 18.2. The van der Waals surface area contributed by atoms with Crippen LogP contribution in [-0.4, -0.2) is 32.6 Å². The van der Waals surface area contributed by atoms with Crippen molar-refractivity contribution >= 4 is 17.2 Å². The second kappa shape index (κ2) is 7.14. The van der Waals surface area contributed by atoms with Crippen LogP contribution in [0.25, 0.3) is 16.9 Å². The molecule has 0 aliphatic carbocycles. The summed E-state index contributed by atoms with van der Waals surface area (Å²) in [6.45, 7) is 5.49. The molecule has 1 aliphatic heterocycles. The lowest BCUT2D eigenvalue weighted by Crippen LogP contribution is -2.20. The van der Waals surface area contributed by atoms with E-state index >= 15 is 0 Å². The SMILES string of the molecule is CCCC1CCN(Cc2c(-c3ccccc3)nn3cc(Cl)cnc23)C1. The molecule has 1 fully saturated rings. The van der Waals surface area contributed by atoms with Crippen LogP contribution in [-0.2, 0) is 6.54 Å². The van der Waals surface area contributed by atoms with Crippen LogP contribution in [0.4, 0.5) is 0 Å². The third kappa shape index (κ3) is 3.42. The third-order valence-corrected chi connectivity index (χ3v) is 5.23. The van der Waals surface area contributed by atoms with Crippen molar-refractivity contribution in [3.8, 4) is 11.3 Å². The van der Waals surface area contributed by atoms with E-state index in [9.17, 15) is 0 Å². The first-order chi connectivity index (χ1) is 12.2. The minimum Gasteiger partial charge on any atom is -0.299 e. The summed E-state index contributed by atoms with van der Waals surface area (Å²) in [5.41, 5.74) is 4.24. The molecule has 4 rings (SSSR count). The van der Waals surface area contributed by atoms with E-state index in [2.05, 4.69) is 41.1 Å². The van der Waals surface area contributed by atoms with Crippen molar-refractivity contribution in [2.45, 2.75) is 32.7 Å². The van der Waals surface area contributed by atoms with E-state index in [1.165, 1.54) is 31.4 Å². The van der Waals surface area contributed by atoms with Gasteiger partial charge in [0.05, 0.1) is 16.9 Å². The molecule has 0 bridgehead atoms. The highest BCUT2D eigenvalue weighted by Gasteiger charge is 2.25. The van der Waals surface area contributed by atoms with Gasteiger partial charge >= 0.3 is 0 Å². The van der Waals surface area contributed by atoms with Crippen LogP contribution in [0.15, 0.2) is 42.7 Å². The van der Waals surface area contributed by atoms with Gasteiger partial charge in [0.15, 0.2) is 5.65 Å². The van der Waals surface area contributed by atoms with Crippen LogP contribution in [0.3, 0.4) is 0 Å². The fraction of sp³-hybridized carbons (Fsp3) is 0.400. The molecule has 2 aromatic heterocycles. The molecule has 4 nitrogen and oxygen atoms in total. The Hall–Kier alpha value is -1.91. The van der Waals surface area contributed by atoms with Gasteiger partial charge in [-0.15, -0.1) is 0 Å². The van der Waals surface area contributed by atoms with E-state index in [-0.39, 0.29) is 0 Å². The van der Waals surface area contributed by atoms with Gasteiger partial charge in [0.2, 0.25) is 0 Å². The highest BCUT2D eigenvalue weighted by atomic mass is 35.5. The van der Waals surface area contributed by atoms with Gasteiger partial charge in [0, 0.05) is 30.4 Å². The Labute approximate surface area is 153 Å². The molecule has 1 aliphatic rings. The number of likely N-dealkylation sites (tertiary alicyclic amines) is 1. The Bertz CT molecular complexity index is 859. The maximum atomic E-state index is 6.12. The zero-order chi connectivity index (χ0) is 17.2. The first kappa shape index (κ1) is 16.6. The van der Waals surface area contributed by atoms with Crippen molar-refractivity contribution in [3.63, 3.8) is 0 Å². The Morgan fingerprint density at radius 1 is 1.24 bits per heavy atom. The molecule has 0 radical (unpaired) electrons. The summed E-state index contributed by atoms with van der Waals surface area (Å²) in [6.07, 6.45) is 7.44. The summed E-state index contributed by atoms with van der Waals surface area (Å²) in [4.78, 5) is 7.11. The zero-order valence-electron chi connectivity index (χ0n) is 14.5. The molecular weight excluding hydrogens is 332 g/mol. The van der Waals surface area contributed by atoms with Gasteiger partial charge in [0.25, 0.3) is 0 Å². The fourth-order valence-electron chi connectivity index (χ4n) is 3.86. The molecule has 0 saturated carbocycles. The largest absolute Gasteiger partial charge is 0.299 e. The minimum atomic E-state index is 0.602. The molecule has 0 N–H and O–H groups in total. The van der Waals surface area contributed by atoms with Gasteiger partial charge in [-0.1, -0.05) is 55.3 Å². The molecule has 5 heteroatoms. The summed E-state index contributed by atoms with van der Waals surface area (Å²) in [5, 5.41) is 5.39. The van der Waals surface area contributed by atoms with E-state index in [0.717, 1.165) is 35.9 Å². The standard InChI is InChI=1S/C20H23ClN4/c1-2-6-15-9-10-24(12-15)14-18-19(16-7-4-3-5-8-16)23-25-13-17(21)11-22-20(18)25/h3-5,7-8,11,13,15H,2,6,9-10,12,14H2,1H3. The van der Waals surface area contributed by atoms with Gasteiger partial charge < -0.3 is 0 Å². The number of fused-ring (bicyclic) bond motifs is 1. The molecule has 1 unspecified atom stereocenters. The molecule has 0 amide bonds. The first-order valence-electron chi connectivity index (χ1n) is 9.05. The van der Waals surface area contributed by atoms with Gasteiger partial charge in [-0.2, -0.15) is 5.10 Å². The number of halogens is 1. The molecule has 1 aromatic carbocycles. The van der Waals surface area contributed by atoms with Gasteiger partial charge in [-0.05, 0) is 25.3 Å². The smallest absolute Gasteiger partial charge is 0.160 e. The molecule has 0 spiro atoms. The zero-order valence-corrected chi connectivity index (χ0v) is 15.3. The molecule has 1 atom stereocenters. The average Bonchev–Trinajstić information content (AvgIpc) is 3.21. The number of benzene rings is 1. The van der Waals surface area contributed by atoms with E-state index in [0.29, 0.717) is 5.02 Å². The molecule has 3 heterocycles. The third-order valence-electron chi connectivity index (χ3n) is 5.03. The monoisotopic (exact) mass is 354 g/mol. The van der Waals surface area contributed by atoms with Crippen LogP contribution in [0.2, 0.25) is 5.02 Å². The van der Waals surface area contributed by atoms with Crippen LogP contribution in [0, 0.1) is 5.92 Å². The van der Waals surface area contributed by atoms with Crippen molar-refractivity contribution in [1.29, 1.82) is 0 Å². The molecule has 3 aromatic rings. The molecule has 25 heavy (non-hydrogen) atoms. The van der Waals surface area contributed by atoms with Crippen LogP contribution < -0.4 is 0 Å². The van der Waals surface area contributed by atoms with E-state index in [1.54, 1.807) is 6.20 Å². The highest BCUT2D eigenvalue weighted by Crippen LogP contribution is 2.29. The average molecular weight is 355 g/mol. The van der Waals surface area contributed by atoms with Crippen LogP contribution in [0.1, 0.15) is 31.7 Å². The fourth-order valence-corrected chi connectivity index (χ4v) is 4.00. The lowest BCUT2D eigenvalue weighted by atomic mass is 10.0. The minimum absolute atomic E-state index is 0.602. The van der Waals surface area contributed by atoms with Crippen molar-refractivity contribution in [2.75, 3.05) is 13.1 Å². The van der Waals surface area contributed by atoms with Crippen molar-refractivity contribution in [1.82, 2.24) is 19.5 Å². The lowest BCUT2D eigenvalue weighted by molar-refractivity contribution is 0.314. The Kier molecular flexibility index (Phi) is 4.73. The maximum absolute atomic E-state index is 6.12. The van der Waals surface area contributed by atoms with Crippen LogP contribution in [0.5, 0.6) is 0 Å². The van der Waals surface area contributed by atoms with E-state index in [1.807, 2.05) is 16.8 Å². The Morgan fingerprint density at radius 3 is 2.88 bits per heavy atom. The Balaban J connectivity index is 1.71. The van der Waals surface area contributed by atoms with E-state index < -0.39 is 0 Å². The summed E-state index contributed by atoms with van der Waals surface area (Å²) in [7, 11) is 0. The lowest BCUT2D eigenvalue weighted by Gasteiger charge is -2.16. The van der Waals surface area contributed by atoms with Crippen LogP contribution >= 0.6 is 11.6 Å². The van der Waals surface area contributed by atoms with Gasteiger partial charge in [-0.3, -0.25) is 4.90 Å². The quantitative estimate of drug-likeness (QED) is 0.667. The second-order valence-electron chi connectivity index (χ2n) is 6.91. The summed E-state index contributed by atoms with van der Waals surface area (Å²) < 4.78 is 1.82. The maximum Gasteiger partial charge on any atom is 0.160 e. The highest BCUT2D eigenvalue weighted by molar-refractivity contribution is 6.30. The van der Waals surface area contributed by atoms with Crippen molar-refractivity contribution in [2.24, 2.45) is 5.92 Å². The number of nitrogens with zero attached hydrogens (tertiary/aromatic N) is 4. The number of hydrogen-bond acceptors (Lipinski definition) is 3. The predicted molar refractivity (Wildman–Crippen MR) is 102 cm³/mol. The van der Waals surface area contributed by atoms with Crippen molar-refractivity contribution < 1.29 is 0 Å². The van der Waals surface area contributed by atoms with Gasteiger partial charge in [-0.25, -0.2) is 9.50 Å². The number of hydrogen-bond donors (Lipinski definition) is 0. The van der Waals surface area contributed by atoms with Crippen molar-refractivity contribution in [3.05, 3.63) is 53.3 Å². The summed E-state index contributed by atoms with van der Waals surface area (Å²) in [6, 6.07) is 10.4. The molecular formula is C20H23ClN4. The number of rotatable bonds is 5. The summed E-state index contributed by atoms with van der Waals surface area (Å²) in [5.74, 6) is 0.828. The topological polar surface area (TPSA) is 33.4 Å². The number of aromatic nitrogens is 3. The predicted octanol–water partition coefficient (Wildman–Crippen LogP) is 4.67. The molecule has 1 saturated heterocycles. The first-order valence-corrected chi connectivity index (χ1v) is 9.43. The van der Waals surface area contributed by atoms with Gasteiger partial charge in [0.1, 0.15) is 0 Å². The second-order valence-corrected chi connectivity index (χ2v) is 7.35. The Morgan fingerprint density at radius 2 is 2.08 bits per heavy atom. The molecule has 130 valence electrons.